The second-order valence-electron chi connectivity index (χ2n) is 3.37. The smallest absolute Gasteiger partial charge is 0.210 e. The van der Waals surface area contributed by atoms with Crippen LogP contribution < -0.4 is 0 Å². The normalized spacial score (nSPS) is 10.5. The highest BCUT2D eigenvalue weighted by Crippen LogP contribution is 2.10. The average molecular weight is 203 g/mol. The highest BCUT2D eigenvalue weighted by molar-refractivity contribution is 5.74. The van der Waals surface area contributed by atoms with E-state index in [1.807, 2.05) is 31.2 Å². The van der Waals surface area contributed by atoms with Gasteiger partial charge in [0.1, 0.15) is 5.82 Å². The predicted octanol–water partition coefficient (Wildman–Crippen LogP) is 1.54. The Morgan fingerprint density at radius 1 is 1.47 bits per heavy atom. The van der Waals surface area contributed by atoms with Gasteiger partial charge < -0.3 is 9.88 Å². The van der Waals surface area contributed by atoms with Crippen molar-refractivity contribution in [3.63, 3.8) is 0 Å². The predicted molar refractivity (Wildman–Crippen MR) is 58.2 cm³/mol. The Morgan fingerprint density at radius 3 is 2.93 bits per heavy atom. The van der Waals surface area contributed by atoms with Crippen LogP contribution in [0.25, 0.3) is 11.0 Å². The maximum Gasteiger partial charge on any atom is 0.210 e. The summed E-state index contributed by atoms with van der Waals surface area (Å²) < 4.78 is 0. The molecule has 2 aromatic rings. The van der Waals surface area contributed by atoms with Crippen LogP contribution in [0.15, 0.2) is 24.3 Å². The summed E-state index contributed by atoms with van der Waals surface area (Å²) in [6.45, 7) is 3.17. The average Bonchev–Trinajstić information content (AvgIpc) is 2.68. The lowest BCUT2D eigenvalue weighted by atomic mass is 10.3. The summed E-state index contributed by atoms with van der Waals surface area (Å²) in [4.78, 5) is 19.9. The Kier molecular flexibility index (Phi) is 2.67. The number of hydrogen-bond acceptors (Lipinski definition) is 2. The second-order valence-corrected chi connectivity index (χ2v) is 3.37. The molecule has 0 fully saturated rings. The van der Waals surface area contributed by atoms with Crippen molar-refractivity contribution in [2.24, 2.45) is 0 Å². The number of nitrogens with zero attached hydrogens (tertiary/aromatic N) is 2. The molecule has 0 saturated heterocycles. The summed E-state index contributed by atoms with van der Waals surface area (Å²) in [6.07, 6.45) is 0.840. The minimum Gasteiger partial charge on any atom is -0.340 e. The van der Waals surface area contributed by atoms with E-state index in [1.54, 1.807) is 4.90 Å². The molecule has 4 heteroatoms. The van der Waals surface area contributed by atoms with Crippen molar-refractivity contribution < 1.29 is 4.79 Å². The first kappa shape index (κ1) is 9.71. The van der Waals surface area contributed by atoms with Gasteiger partial charge in [0.25, 0.3) is 0 Å². The van der Waals surface area contributed by atoms with Gasteiger partial charge in [-0.2, -0.15) is 0 Å². The summed E-state index contributed by atoms with van der Waals surface area (Å²) in [7, 11) is 0. The number of para-hydroxylation sites is 2. The summed E-state index contributed by atoms with van der Waals surface area (Å²) >= 11 is 0. The quantitative estimate of drug-likeness (QED) is 0.766. The number of H-pyrrole nitrogens is 1. The standard InChI is InChI=1S/C11H13N3O/c1-2-14(8-15)7-11-12-9-5-3-4-6-10(9)13-11/h3-6,8H,2,7H2,1H3,(H,12,13). The van der Waals surface area contributed by atoms with Gasteiger partial charge in [0.15, 0.2) is 0 Å². The molecule has 1 amide bonds. The first-order chi connectivity index (χ1) is 7.33. The molecule has 4 nitrogen and oxygen atoms in total. The number of carbonyl (C=O) groups is 1. The van der Waals surface area contributed by atoms with Gasteiger partial charge in [0.2, 0.25) is 6.41 Å². The molecule has 2 rings (SSSR count). The molecule has 0 spiro atoms. The molecule has 78 valence electrons. The second kappa shape index (κ2) is 4.13. The van der Waals surface area contributed by atoms with E-state index in [9.17, 15) is 4.79 Å². The Bertz CT molecular complexity index is 431. The Morgan fingerprint density at radius 2 is 2.27 bits per heavy atom. The highest BCUT2D eigenvalue weighted by Gasteiger charge is 2.05. The molecule has 0 saturated carbocycles. The third-order valence-corrected chi connectivity index (χ3v) is 2.35. The molecule has 1 aromatic heterocycles. The van der Waals surface area contributed by atoms with Gasteiger partial charge in [0.05, 0.1) is 17.6 Å². The molecule has 1 heterocycles. The molecule has 0 aliphatic rings. The van der Waals surface area contributed by atoms with Crippen molar-refractivity contribution in [1.29, 1.82) is 0 Å². The van der Waals surface area contributed by atoms with Crippen molar-refractivity contribution >= 4 is 17.4 Å². The Hall–Kier alpha value is -1.84. The van der Waals surface area contributed by atoms with E-state index in [1.165, 1.54) is 0 Å². The van der Waals surface area contributed by atoms with Gasteiger partial charge in [0, 0.05) is 6.54 Å². The van der Waals surface area contributed by atoms with Gasteiger partial charge in [-0.3, -0.25) is 4.79 Å². The first-order valence-corrected chi connectivity index (χ1v) is 4.96. The van der Waals surface area contributed by atoms with Gasteiger partial charge >= 0.3 is 0 Å². The molecule has 1 N–H and O–H groups in total. The molecule has 0 atom stereocenters. The zero-order valence-corrected chi connectivity index (χ0v) is 8.60. The number of fused-ring (bicyclic) bond motifs is 1. The molecule has 15 heavy (non-hydrogen) atoms. The van der Waals surface area contributed by atoms with Crippen LogP contribution in [0.2, 0.25) is 0 Å². The third-order valence-electron chi connectivity index (χ3n) is 2.35. The van der Waals surface area contributed by atoms with Gasteiger partial charge in [-0.25, -0.2) is 4.98 Å². The van der Waals surface area contributed by atoms with E-state index < -0.39 is 0 Å². The number of rotatable bonds is 4. The largest absolute Gasteiger partial charge is 0.340 e. The van der Waals surface area contributed by atoms with Crippen LogP contribution in [-0.4, -0.2) is 27.8 Å². The summed E-state index contributed by atoms with van der Waals surface area (Å²) in [5, 5.41) is 0. The Balaban J connectivity index is 2.25. The van der Waals surface area contributed by atoms with Gasteiger partial charge in [-0.1, -0.05) is 12.1 Å². The first-order valence-electron chi connectivity index (χ1n) is 4.96. The Labute approximate surface area is 87.9 Å². The summed E-state index contributed by atoms with van der Waals surface area (Å²) in [5.41, 5.74) is 1.95. The zero-order chi connectivity index (χ0) is 10.7. The number of benzene rings is 1. The highest BCUT2D eigenvalue weighted by atomic mass is 16.1. The van der Waals surface area contributed by atoms with Crippen LogP contribution >= 0.6 is 0 Å². The number of amides is 1. The molecular weight excluding hydrogens is 190 g/mol. The fourth-order valence-electron chi connectivity index (χ4n) is 1.50. The molecular formula is C11H13N3O. The number of nitrogens with one attached hydrogen (secondary N) is 1. The van der Waals surface area contributed by atoms with E-state index >= 15 is 0 Å². The van der Waals surface area contributed by atoms with E-state index in [0.717, 1.165) is 23.3 Å². The number of imidazole rings is 1. The monoisotopic (exact) mass is 203 g/mol. The molecule has 0 bridgehead atoms. The maximum atomic E-state index is 10.6. The van der Waals surface area contributed by atoms with Crippen LogP contribution in [0.3, 0.4) is 0 Å². The van der Waals surface area contributed by atoms with Crippen LogP contribution in [0.1, 0.15) is 12.7 Å². The van der Waals surface area contributed by atoms with E-state index in [4.69, 9.17) is 0 Å². The third kappa shape index (κ3) is 1.98. The van der Waals surface area contributed by atoms with Crippen molar-refractivity contribution in [2.75, 3.05) is 6.54 Å². The van der Waals surface area contributed by atoms with Crippen molar-refractivity contribution in [1.82, 2.24) is 14.9 Å². The SMILES string of the molecule is CCN(C=O)Cc1nc2ccccc2[nH]1. The van der Waals surface area contributed by atoms with Crippen LogP contribution in [-0.2, 0) is 11.3 Å². The van der Waals surface area contributed by atoms with Crippen LogP contribution in [0.5, 0.6) is 0 Å². The minimum absolute atomic E-state index is 0.536. The van der Waals surface area contributed by atoms with E-state index in [0.29, 0.717) is 13.1 Å². The maximum absolute atomic E-state index is 10.6. The molecule has 0 radical (unpaired) electrons. The molecule has 0 aliphatic heterocycles. The molecule has 0 unspecified atom stereocenters. The number of aromatic amines is 1. The van der Waals surface area contributed by atoms with Crippen molar-refractivity contribution in [3.05, 3.63) is 30.1 Å². The lowest BCUT2D eigenvalue weighted by Gasteiger charge is -2.11. The van der Waals surface area contributed by atoms with Crippen molar-refractivity contribution in [2.45, 2.75) is 13.5 Å². The van der Waals surface area contributed by atoms with Crippen molar-refractivity contribution in [3.8, 4) is 0 Å². The number of aromatic nitrogens is 2. The topological polar surface area (TPSA) is 49.0 Å². The number of carbonyl (C=O) groups excluding carboxylic acids is 1. The minimum atomic E-state index is 0.536. The lowest BCUT2D eigenvalue weighted by molar-refractivity contribution is -0.118. The zero-order valence-electron chi connectivity index (χ0n) is 8.60. The van der Waals surface area contributed by atoms with Crippen LogP contribution in [0, 0.1) is 0 Å². The van der Waals surface area contributed by atoms with Crippen LogP contribution in [0.4, 0.5) is 0 Å². The van der Waals surface area contributed by atoms with Gasteiger partial charge in [-0.05, 0) is 19.1 Å². The van der Waals surface area contributed by atoms with E-state index in [-0.39, 0.29) is 0 Å². The molecule has 0 aliphatic carbocycles. The fourth-order valence-corrected chi connectivity index (χ4v) is 1.50. The van der Waals surface area contributed by atoms with Gasteiger partial charge in [-0.15, -0.1) is 0 Å². The fraction of sp³-hybridized carbons (Fsp3) is 0.273. The lowest BCUT2D eigenvalue weighted by Crippen LogP contribution is -2.21. The summed E-state index contributed by atoms with van der Waals surface area (Å²) in [6, 6.07) is 7.83. The summed E-state index contributed by atoms with van der Waals surface area (Å²) in [5.74, 6) is 0.824. The number of hydrogen-bond donors (Lipinski definition) is 1. The van der Waals surface area contributed by atoms with E-state index in [2.05, 4.69) is 9.97 Å². The molecule has 1 aromatic carbocycles.